The Morgan fingerprint density at radius 2 is 2.14 bits per heavy atom. The van der Waals surface area contributed by atoms with Gasteiger partial charge in [0.25, 0.3) is 0 Å². The Kier molecular flexibility index (Phi) is 3.88. The van der Waals surface area contributed by atoms with Crippen LogP contribution in [-0.2, 0) is 9.63 Å². The van der Waals surface area contributed by atoms with Crippen molar-refractivity contribution < 1.29 is 14.7 Å². The molecule has 0 aliphatic rings. The monoisotopic (exact) mass is 193 g/mol. The largest absolute Gasteiger partial charge is 0.394 e. The van der Waals surface area contributed by atoms with Crippen molar-refractivity contribution in [1.29, 1.82) is 0 Å². The Labute approximate surface area is 81.8 Å². The minimum Gasteiger partial charge on any atom is -0.394 e. The molecule has 1 rings (SSSR count). The molecule has 2 N–H and O–H groups in total. The summed E-state index contributed by atoms with van der Waals surface area (Å²) in [6.07, 6.45) is -0.845. The number of nitrogens with one attached hydrogen (secondary N) is 1. The second kappa shape index (κ2) is 5.19. The zero-order valence-corrected chi connectivity index (χ0v) is 7.73. The van der Waals surface area contributed by atoms with Gasteiger partial charge in [-0.2, -0.15) is 0 Å². The Bertz CT molecular complexity index is 328. The maximum absolute atomic E-state index is 10.5. The number of aliphatic hydroxyl groups excluding tert-OH is 1. The van der Waals surface area contributed by atoms with Crippen molar-refractivity contribution in [2.75, 3.05) is 0 Å². The summed E-state index contributed by atoms with van der Waals surface area (Å²) in [6.45, 7) is 1.48. The van der Waals surface area contributed by atoms with Crippen LogP contribution in [0.25, 0.3) is 5.76 Å². The molecule has 0 radical (unpaired) electrons. The van der Waals surface area contributed by atoms with Crippen LogP contribution in [0.15, 0.2) is 30.3 Å². The van der Waals surface area contributed by atoms with Gasteiger partial charge in [0.05, 0.1) is 0 Å². The summed E-state index contributed by atoms with van der Waals surface area (Å²) in [6, 6.07) is 8.80. The van der Waals surface area contributed by atoms with Gasteiger partial charge in [-0.1, -0.05) is 30.3 Å². The van der Waals surface area contributed by atoms with Gasteiger partial charge in [0.1, 0.15) is 6.23 Å². The van der Waals surface area contributed by atoms with E-state index in [4.69, 9.17) is 9.94 Å². The van der Waals surface area contributed by atoms with Crippen molar-refractivity contribution in [2.45, 2.75) is 13.2 Å². The van der Waals surface area contributed by atoms with Gasteiger partial charge >= 0.3 is 0 Å². The predicted molar refractivity (Wildman–Crippen MR) is 51.4 cm³/mol. The summed E-state index contributed by atoms with van der Waals surface area (Å²) in [5, 5.41) is 8.86. The van der Waals surface area contributed by atoms with Crippen molar-refractivity contribution in [3.05, 3.63) is 35.9 Å². The van der Waals surface area contributed by atoms with Crippen LogP contribution in [0.3, 0.4) is 0 Å². The molecule has 0 saturated heterocycles. The van der Waals surface area contributed by atoms with Crippen LogP contribution in [0, 0.1) is 0 Å². The molecule has 0 amide bonds. The lowest BCUT2D eigenvalue weighted by molar-refractivity contribution is 0.0148. The highest BCUT2D eigenvalue weighted by atomic mass is 16.7. The van der Waals surface area contributed by atoms with E-state index in [2.05, 4.69) is 5.48 Å². The van der Waals surface area contributed by atoms with Crippen molar-refractivity contribution in [3.8, 4) is 0 Å². The zero-order chi connectivity index (χ0) is 10.4. The number of benzene rings is 1. The van der Waals surface area contributed by atoms with Gasteiger partial charge in [0, 0.05) is 5.56 Å². The summed E-state index contributed by atoms with van der Waals surface area (Å²) >= 11 is 0. The third-order valence-corrected chi connectivity index (χ3v) is 1.46. The van der Waals surface area contributed by atoms with Gasteiger partial charge in [0.15, 0.2) is 5.94 Å². The number of hydrogen-bond acceptors (Lipinski definition) is 4. The van der Waals surface area contributed by atoms with Crippen molar-refractivity contribution >= 4 is 11.7 Å². The highest BCUT2D eigenvalue weighted by molar-refractivity contribution is 5.82. The van der Waals surface area contributed by atoms with Gasteiger partial charge in [-0.3, -0.25) is 0 Å². The van der Waals surface area contributed by atoms with Crippen LogP contribution >= 0.6 is 0 Å². The molecule has 1 unspecified atom stereocenters. The van der Waals surface area contributed by atoms with Gasteiger partial charge in [0.2, 0.25) is 5.76 Å². The van der Waals surface area contributed by atoms with Crippen molar-refractivity contribution in [1.82, 2.24) is 5.48 Å². The van der Waals surface area contributed by atoms with Crippen LogP contribution in [0.4, 0.5) is 0 Å². The molecular weight excluding hydrogens is 182 g/mol. The number of aliphatic hydroxyl groups is 1. The summed E-state index contributed by atoms with van der Waals surface area (Å²) in [4.78, 5) is 15.3. The minimum absolute atomic E-state index is 0.0199. The lowest BCUT2D eigenvalue weighted by Crippen LogP contribution is -2.25. The van der Waals surface area contributed by atoms with Gasteiger partial charge in [-0.25, -0.2) is 4.79 Å². The molecule has 1 atom stereocenters. The minimum atomic E-state index is -0.845. The molecule has 0 heterocycles. The molecule has 0 bridgehead atoms. The molecule has 0 fully saturated rings. The van der Waals surface area contributed by atoms with Crippen molar-refractivity contribution in [2.24, 2.45) is 0 Å². The Balaban J connectivity index is 2.70. The highest BCUT2D eigenvalue weighted by Crippen LogP contribution is 2.10. The van der Waals surface area contributed by atoms with Crippen LogP contribution in [0.5, 0.6) is 0 Å². The molecule has 4 nitrogen and oxygen atoms in total. The first-order chi connectivity index (χ1) is 6.74. The van der Waals surface area contributed by atoms with Crippen LogP contribution in [0.1, 0.15) is 12.5 Å². The highest BCUT2D eigenvalue weighted by Gasteiger charge is 2.04. The lowest BCUT2D eigenvalue weighted by atomic mass is 10.2. The average Bonchev–Trinajstić information content (AvgIpc) is 2.20. The van der Waals surface area contributed by atoms with Gasteiger partial charge < -0.3 is 9.94 Å². The molecule has 74 valence electrons. The van der Waals surface area contributed by atoms with E-state index in [0.717, 1.165) is 0 Å². The molecule has 1 aromatic rings. The SMILES string of the molecule is CC(O)NOC(=C=O)c1ccccc1. The van der Waals surface area contributed by atoms with E-state index in [1.54, 1.807) is 30.2 Å². The Morgan fingerprint density at radius 3 is 2.64 bits per heavy atom. The number of carbonyl (C=O) groups excluding carboxylic acids is 1. The average molecular weight is 193 g/mol. The summed E-state index contributed by atoms with van der Waals surface area (Å²) < 4.78 is 0. The predicted octanol–water partition coefficient (Wildman–Crippen LogP) is 0.719. The number of rotatable bonds is 4. The molecule has 4 heteroatoms. The second-order valence-electron chi connectivity index (χ2n) is 2.69. The molecule has 0 spiro atoms. The fraction of sp³-hybridized carbons (Fsp3) is 0.200. The molecule has 1 aromatic carbocycles. The molecular formula is C10H11NO3. The zero-order valence-electron chi connectivity index (χ0n) is 7.73. The van der Waals surface area contributed by atoms with E-state index in [9.17, 15) is 4.79 Å². The molecule has 0 aromatic heterocycles. The third kappa shape index (κ3) is 3.03. The van der Waals surface area contributed by atoms with E-state index in [0.29, 0.717) is 5.56 Å². The quantitative estimate of drug-likeness (QED) is 0.320. The van der Waals surface area contributed by atoms with Crippen LogP contribution < -0.4 is 5.48 Å². The standard InChI is InChI=1S/C10H11NO3/c1-8(13)11-14-10(7-12)9-5-3-2-4-6-9/h2-6,8,11,13H,1H3. The van der Waals surface area contributed by atoms with E-state index < -0.39 is 6.23 Å². The maximum atomic E-state index is 10.5. The molecule has 0 aliphatic carbocycles. The number of hydrogen-bond donors (Lipinski definition) is 2. The molecule has 14 heavy (non-hydrogen) atoms. The molecule has 0 saturated carbocycles. The summed E-state index contributed by atoms with van der Waals surface area (Å²) in [7, 11) is 0. The Hall–Kier alpha value is -1.61. The van der Waals surface area contributed by atoms with Crippen molar-refractivity contribution in [3.63, 3.8) is 0 Å². The fourth-order valence-electron chi connectivity index (χ4n) is 0.872. The summed E-state index contributed by atoms with van der Waals surface area (Å²) in [5.74, 6) is 1.66. The van der Waals surface area contributed by atoms with E-state index >= 15 is 0 Å². The van der Waals surface area contributed by atoms with E-state index in [1.165, 1.54) is 6.92 Å². The normalized spacial score (nSPS) is 11.6. The van der Waals surface area contributed by atoms with Crippen LogP contribution in [0.2, 0.25) is 0 Å². The van der Waals surface area contributed by atoms with E-state index in [-0.39, 0.29) is 5.76 Å². The van der Waals surface area contributed by atoms with Crippen LogP contribution in [-0.4, -0.2) is 17.3 Å². The fourth-order valence-corrected chi connectivity index (χ4v) is 0.872. The smallest absolute Gasteiger partial charge is 0.237 e. The lowest BCUT2D eigenvalue weighted by Gasteiger charge is -2.09. The summed E-state index contributed by atoms with van der Waals surface area (Å²) in [5.41, 5.74) is 2.86. The molecule has 0 aliphatic heterocycles. The van der Waals surface area contributed by atoms with E-state index in [1.807, 2.05) is 6.07 Å². The van der Waals surface area contributed by atoms with Gasteiger partial charge in [-0.15, -0.1) is 5.48 Å². The first kappa shape index (κ1) is 10.5. The Morgan fingerprint density at radius 1 is 1.50 bits per heavy atom. The second-order valence-corrected chi connectivity index (χ2v) is 2.69. The topological polar surface area (TPSA) is 58.6 Å². The first-order valence-corrected chi connectivity index (χ1v) is 4.15. The van der Waals surface area contributed by atoms with Gasteiger partial charge in [-0.05, 0) is 6.92 Å². The maximum Gasteiger partial charge on any atom is 0.237 e. The third-order valence-electron chi connectivity index (χ3n) is 1.46. The first-order valence-electron chi connectivity index (χ1n) is 4.15. The number of hydroxylamine groups is 1.